The van der Waals surface area contributed by atoms with E-state index >= 15 is 0 Å². The average molecular weight is 366 g/mol. The first-order valence-corrected chi connectivity index (χ1v) is 8.13. The van der Waals surface area contributed by atoms with Crippen LogP contribution in [0.3, 0.4) is 0 Å². The summed E-state index contributed by atoms with van der Waals surface area (Å²) in [5.41, 5.74) is 3.28. The van der Waals surface area contributed by atoms with Crippen LogP contribution in [0.2, 0.25) is 0 Å². The van der Waals surface area contributed by atoms with Crippen molar-refractivity contribution in [3.63, 3.8) is 0 Å². The minimum atomic E-state index is -0.507. The van der Waals surface area contributed by atoms with Crippen LogP contribution in [0, 0.1) is 6.92 Å². The summed E-state index contributed by atoms with van der Waals surface area (Å²) < 4.78 is 6.29. The molecule has 2 aromatic carbocycles. The molecule has 0 fully saturated rings. The van der Waals surface area contributed by atoms with Crippen LogP contribution < -0.4 is 10.6 Å². The van der Waals surface area contributed by atoms with Gasteiger partial charge in [0.2, 0.25) is 5.91 Å². The van der Waals surface area contributed by atoms with E-state index in [1.165, 1.54) is 13.4 Å². The number of hydrogen-bond acceptors (Lipinski definition) is 7. The van der Waals surface area contributed by atoms with E-state index in [9.17, 15) is 9.59 Å². The van der Waals surface area contributed by atoms with Crippen LogP contribution in [-0.4, -0.2) is 45.7 Å². The smallest absolute Gasteiger partial charge is 0.339 e. The molecule has 0 saturated heterocycles. The first kappa shape index (κ1) is 18.1. The Balaban J connectivity index is 1.63. The number of aryl methyl sites for hydroxylation is 1. The molecule has 0 bridgehead atoms. The van der Waals surface area contributed by atoms with E-state index in [0.29, 0.717) is 11.3 Å². The van der Waals surface area contributed by atoms with Gasteiger partial charge in [-0.2, -0.15) is 0 Å². The molecule has 1 heterocycles. The summed E-state index contributed by atoms with van der Waals surface area (Å²) >= 11 is 0. The molecule has 0 atom stereocenters. The Hall–Kier alpha value is -3.75. The Morgan fingerprint density at radius 2 is 2.00 bits per heavy atom. The molecule has 0 spiro atoms. The molecule has 0 unspecified atom stereocenters. The number of tetrazole rings is 1. The van der Waals surface area contributed by atoms with Crippen LogP contribution >= 0.6 is 0 Å². The maximum absolute atomic E-state index is 12.2. The summed E-state index contributed by atoms with van der Waals surface area (Å²) in [6.45, 7) is 1.97. The standard InChI is InChI=1S/C18H18N6O3/c1-12-9-13(7-8-16(12)24-11-20-22-23-24)19-10-17(25)21-15-6-4-3-5-14(15)18(26)27-2/h3-9,11,19H,10H2,1-2H3,(H,21,25). The lowest BCUT2D eigenvalue weighted by atomic mass is 10.1. The normalized spacial score (nSPS) is 10.3. The molecule has 9 heteroatoms. The molecule has 0 aliphatic heterocycles. The predicted octanol–water partition coefficient (Wildman–Crippen LogP) is 1.81. The molecular weight excluding hydrogens is 348 g/mol. The van der Waals surface area contributed by atoms with Gasteiger partial charge in [-0.3, -0.25) is 4.79 Å². The molecule has 0 saturated carbocycles. The van der Waals surface area contributed by atoms with E-state index in [-0.39, 0.29) is 12.5 Å². The quantitative estimate of drug-likeness (QED) is 0.640. The first-order valence-electron chi connectivity index (χ1n) is 8.13. The highest BCUT2D eigenvalue weighted by atomic mass is 16.5. The fourth-order valence-corrected chi connectivity index (χ4v) is 2.55. The van der Waals surface area contributed by atoms with Gasteiger partial charge in [-0.15, -0.1) is 5.10 Å². The number of aromatic nitrogens is 4. The molecular formula is C18H18N6O3. The molecule has 9 nitrogen and oxygen atoms in total. The van der Waals surface area contributed by atoms with Crippen LogP contribution in [0.15, 0.2) is 48.8 Å². The lowest BCUT2D eigenvalue weighted by Crippen LogP contribution is -2.23. The highest BCUT2D eigenvalue weighted by Crippen LogP contribution is 2.18. The van der Waals surface area contributed by atoms with Crippen molar-refractivity contribution in [1.82, 2.24) is 20.2 Å². The van der Waals surface area contributed by atoms with Crippen molar-refractivity contribution in [2.75, 3.05) is 24.3 Å². The third-order valence-corrected chi connectivity index (χ3v) is 3.85. The molecule has 1 amide bonds. The van der Waals surface area contributed by atoms with E-state index < -0.39 is 5.97 Å². The monoisotopic (exact) mass is 366 g/mol. The van der Waals surface area contributed by atoms with Gasteiger partial charge >= 0.3 is 5.97 Å². The Morgan fingerprint density at radius 3 is 2.70 bits per heavy atom. The second-order valence-electron chi connectivity index (χ2n) is 5.69. The molecule has 2 N–H and O–H groups in total. The second-order valence-corrected chi connectivity index (χ2v) is 5.69. The van der Waals surface area contributed by atoms with Crippen molar-refractivity contribution in [3.05, 3.63) is 59.9 Å². The molecule has 138 valence electrons. The number of carbonyl (C=O) groups excluding carboxylic acids is 2. The Kier molecular flexibility index (Phi) is 5.41. The van der Waals surface area contributed by atoms with E-state index in [1.807, 2.05) is 25.1 Å². The molecule has 1 aromatic heterocycles. The van der Waals surface area contributed by atoms with Crippen molar-refractivity contribution in [2.45, 2.75) is 6.92 Å². The minimum Gasteiger partial charge on any atom is -0.465 e. The number of amides is 1. The van der Waals surface area contributed by atoms with Crippen molar-refractivity contribution in [3.8, 4) is 5.69 Å². The number of hydrogen-bond donors (Lipinski definition) is 2. The van der Waals surface area contributed by atoms with Gasteiger partial charge in [0.15, 0.2) is 0 Å². The maximum atomic E-state index is 12.2. The predicted molar refractivity (Wildman–Crippen MR) is 98.8 cm³/mol. The topological polar surface area (TPSA) is 111 Å². The van der Waals surface area contributed by atoms with Crippen molar-refractivity contribution in [2.24, 2.45) is 0 Å². The van der Waals surface area contributed by atoms with Gasteiger partial charge in [0.25, 0.3) is 0 Å². The third-order valence-electron chi connectivity index (χ3n) is 3.85. The summed E-state index contributed by atoms with van der Waals surface area (Å²) in [5, 5.41) is 16.9. The Morgan fingerprint density at radius 1 is 1.19 bits per heavy atom. The molecule has 0 aliphatic carbocycles. The lowest BCUT2D eigenvalue weighted by molar-refractivity contribution is -0.114. The fraction of sp³-hybridized carbons (Fsp3) is 0.167. The van der Waals surface area contributed by atoms with E-state index in [0.717, 1.165) is 16.9 Å². The summed E-state index contributed by atoms with van der Waals surface area (Å²) in [6.07, 6.45) is 1.52. The van der Waals surface area contributed by atoms with Gasteiger partial charge in [0, 0.05) is 5.69 Å². The van der Waals surface area contributed by atoms with Gasteiger partial charge in [0.1, 0.15) is 6.33 Å². The number of para-hydroxylation sites is 1. The number of nitrogens with one attached hydrogen (secondary N) is 2. The highest BCUT2D eigenvalue weighted by molar-refractivity contribution is 6.02. The number of ether oxygens (including phenoxy) is 1. The van der Waals surface area contributed by atoms with Crippen LogP contribution in [0.5, 0.6) is 0 Å². The zero-order valence-corrected chi connectivity index (χ0v) is 14.8. The van der Waals surface area contributed by atoms with E-state index in [1.54, 1.807) is 28.9 Å². The van der Waals surface area contributed by atoms with Crippen molar-refractivity contribution >= 4 is 23.3 Å². The van der Waals surface area contributed by atoms with Gasteiger partial charge in [0.05, 0.1) is 30.6 Å². The van der Waals surface area contributed by atoms with Crippen LogP contribution in [0.4, 0.5) is 11.4 Å². The number of benzene rings is 2. The summed E-state index contributed by atoms with van der Waals surface area (Å²) in [6, 6.07) is 12.3. The van der Waals surface area contributed by atoms with Gasteiger partial charge in [-0.1, -0.05) is 12.1 Å². The van der Waals surface area contributed by atoms with E-state index in [2.05, 4.69) is 26.2 Å². The van der Waals surface area contributed by atoms with E-state index in [4.69, 9.17) is 4.74 Å². The Bertz CT molecular complexity index is 955. The molecule has 0 aliphatic rings. The highest BCUT2D eigenvalue weighted by Gasteiger charge is 2.13. The van der Waals surface area contributed by atoms with Gasteiger partial charge in [-0.25, -0.2) is 9.48 Å². The first-order chi connectivity index (χ1) is 13.1. The zero-order valence-electron chi connectivity index (χ0n) is 14.8. The summed E-state index contributed by atoms with van der Waals surface area (Å²) in [4.78, 5) is 24.0. The second kappa shape index (κ2) is 8.09. The SMILES string of the molecule is COC(=O)c1ccccc1NC(=O)CNc1ccc(-n2cnnn2)c(C)c1. The average Bonchev–Trinajstić information content (AvgIpc) is 3.20. The number of anilines is 2. The zero-order chi connectivity index (χ0) is 19.2. The fourth-order valence-electron chi connectivity index (χ4n) is 2.55. The maximum Gasteiger partial charge on any atom is 0.339 e. The summed E-state index contributed by atoms with van der Waals surface area (Å²) in [5.74, 6) is -0.791. The summed E-state index contributed by atoms with van der Waals surface area (Å²) in [7, 11) is 1.30. The molecule has 27 heavy (non-hydrogen) atoms. The number of rotatable bonds is 6. The largest absolute Gasteiger partial charge is 0.465 e. The minimum absolute atomic E-state index is 0.0408. The van der Waals surface area contributed by atoms with Gasteiger partial charge < -0.3 is 15.4 Å². The Labute approximate surface area is 155 Å². The van der Waals surface area contributed by atoms with Crippen LogP contribution in [0.1, 0.15) is 15.9 Å². The molecule has 0 radical (unpaired) electrons. The lowest BCUT2D eigenvalue weighted by Gasteiger charge is -2.12. The van der Waals surface area contributed by atoms with Crippen LogP contribution in [-0.2, 0) is 9.53 Å². The number of carbonyl (C=O) groups is 2. The van der Waals surface area contributed by atoms with Crippen molar-refractivity contribution < 1.29 is 14.3 Å². The molecule has 3 aromatic rings. The number of methoxy groups -OCH3 is 1. The van der Waals surface area contributed by atoms with Gasteiger partial charge in [-0.05, 0) is 53.2 Å². The molecule has 3 rings (SSSR count). The number of esters is 1. The number of nitrogens with zero attached hydrogens (tertiary/aromatic N) is 4. The van der Waals surface area contributed by atoms with Crippen molar-refractivity contribution in [1.29, 1.82) is 0 Å². The third kappa shape index (κ3) is 4.27. The van der Waals surface area contributed by atoms with Crippen LogP contribution in [0.25, 0.3) is 5.69 Å².